The maximum absolute atomic E-state index is 11.1. The van der Waals surface area contributed by atoms with E-state index in [1.54, 1.807) is 0 Å². The van der Waals surface area contributed by atoms with E-state index in [1.165, 1.54) is 12.5 Å². The molecule has 0 amide bonds. The molecule has 0 aromatic heterocycles. The number of allylic oxidation sites excluding steroid dienone is 1. The summed E-state index contributed by atoms with van der Waals surface area (Å²) < 4.78 is 5.51. The molecular formula is C12H20O2. The highest BCUT2D eigenvalue weighted by atomic mass is 16.6. The van der Waals surface area contributed by atoms with Crippen LogP contribution in [0.15, 0.2) is 11.6 Å². The van der Waals surface area contributed by atoms with E-state index >= 15 is 0 Å². The summed E-state index contributed by atoms with van der Waals surface area (Å²) in [6, 6.07) is 0. The molecule has 0 heterocycles. The fourth-order valence-electron chi connectivity index (χ4n) is 1.98. The molecule has 80 valence electrons. The number of rotatable bonds is 2. The smallest absolute Gasteiger partial charge is 0.303 e. The van der Waals surface area contributed by atoms with Gasteiger partial charge in [0.1, 0.15) is 5.60 Å². The quantitative estimate of drug-likeness (QED) is 0.501. The standard InChI is InChI=1S/C12H20O2/c1-9(2)12(14-11(4)13)7-5-10(3)6-8-12/h5,9H,6-8H2,1-4H3/t12-/m0/s1. The molecule has 1 rings (SSSR count). The minimum Gasteiger partial charge on any atom is -0.459 e. The molecule has 1 aliphatic rings. The lowest BCUT2D eigenvalue weighted by Crippen LogP contribution is -2.41. The lowest BCUT2D eigenvalue weighted by atomic mass is 9.78. The lowest BCUT2D eigenvalue weighted by Gasteiger charge is -2.38. The summed E-state index contributed by atoms with van der Waals surface area (Å²) >= 11 is 0. The molecule has 0 bridgehead atoms. The molecule has 0 spiro atoms. The SMILES string of the molecule is CC(=O)O[C@@]1(C(C)C)CC=C(C)CC1. The molecule has 0 aromatic rings. The number of carbonyl (C=O) groups is 1. The van der Waals surface area contributed by atoms with Crippen LogP contribution in [0.25, 0.3) is 0 Å². The number of ether oxygens (including phenoxy) is 1. The number of hydrogen-bond donors (Lipinski definition) is 0. The molecule has 0 aromatic carbocycles. The third-order valence-corrected chi connectivity index (χ3v) is 3.14. The average molecular weight is 196 g/mol. The van der Waals surface area contributed by atoms with Gasteiger partial charge in [-0.05, 0) is 25.7 Å². The largest absolute Gasteiger partial charge is 0.459 e. The fourth-order valence-corrected chi connectivity index (χ4v) is 1.98. The molecule has 0 saturated heterocycles. The Morgan fingerprint density at radius 2 is 2.21 bits per heavy atom. The van der Waals surface area contributed by atoms with Crippen LogP contribution < -0.4 is 0 Å². The average Bonchev–Trinajstić information content (AvgIpc) is 2.08. The maximum Gasteiger partial charge on any atom is 0.303 e. The normalized spacial score (nSPS) is 27.4. The van der Waals surface area contributed by atoms with E-state index in [-0.39, 0.29) is 11.6 Å². The number of carbonyl (C=O) groups excluding carboxylic acids is 1. The zero-order valence-electron chi connectivity index (χ0n) is 9.59. The lowest BCUT2D eigenvalue weighted by molar-refractivity contribution is -0.163. The Morgan fingerprint density at radius 1 is 1.57 bits per heavy atom. The minimum absolute atomic E-state index is 0.161. The van der Waals surface area contributed by atoms with Crippen molar-refractivity contribution in [1.82, 2.24) is 0 Å². The van der Waals surface area contributed by atoms with E-state index in [0.717, 1.165) is 19.3 Å². The molecule has 0 N–H and O–H groups in total. The second-order valence-electron chi connectivity index (χ2n) is 4.57. The van der Waals surface area contributed by atoms with Crippen LogP contribution in [0, 0.1) is 5.92 Å². The van der Waals surface area contributed by atoms with Gasteiger partial charge in [0.25, 0.3) is 0 Å². The molecule has 0 aliphatic heterocycles. The van der Waals surface area contributed by atoms with Crippen molar-refractivity contribution < 1.29 is 9.53 Å². The van der Waals surface area contributed by atoms with Crippen LogP contribution in [0.3, 0.4) is 0 Å². The first kappa shape index (κ1) is 11.3. The Balaban J connectivity index is 2.79. The zero-order chi connectivity index (χ0) is 10.8. The van der Waals surface area contributed by atoms with E-state index in [2.05, 4.69) is 26.8 Å². The molecule has 0 radical (unpaired) electrons. The van der Waals surface area contributed by atoms with Gasteiger partial charge in [0.15, 0.2) is 0 Å². The summed E-state index contributed by atoms with van der Waals surface area (Å²) in [4.78, 5) is 11.1. The summed E-state index contributed by atoms with van der Waals surface area (Å²) in [5.74, 6) is 0.224. The minimum atomic E-state index is -0.245. The van der Waals surface area contributed by atoms with Gasteiger partial charge in [0, 0.05) is 13.3 Å². The Labute approximate surface area is 86.3 Å². The highest BCUT2D eigenvalue weighted by molar-refractivity contribution is 5.66. The van der Waals surface area contributed by atoms with Crippen LogP contribution in [0.1, 0.15) is 47.0 Å². The molecule has 2 nitrogen and oxygen atoms in total. The van der Waals surface area contributed by atoms with E-state index in [0.29, 0.717) is 5.92 Å². The first-order chi connectivity index (χ1) is 6.46. The van der Waals surface area contributed by atoms with Gasteiger partial charge in [-0.2, -0.15) is 0 Å². The van der Waals surface area contributed by atoms with Crippen molar-refractivity contribution in [1.29, 1.82) is 0 Å². The zero-order valence-corrected chi connectivity index (χ0v) is 9.59. The van der Waals surface area contributed by atoms with Gasteiger partial charge in [0.05, 0.1) is 0 Å². The van der Waals surface area contributed by atoms with Crippen LogP contribution in [0.2, 0.25) is 0 Å². The molecule has 0 unspecified atom stereocenters. The van der Waals surface area contributed by atoms with Crippen LogP contribution in [-0.2, 0) is 9.53 Å². The first-order valence-electron chi connectivity index (χ1n) is 5.31. The molecule has 2 heteroatoms. The summed E-state index contributed by atoms with van der Waals surface area (Å²) in [6.07, 6.45) is 5.08. The second-order valence-corrected chi connectivity index (χ2v) is 4.57. The Bertz CT molecular complexity index is 253. The summed E-state index contributed by atoms with van der Waals surface area (Å²) in [6.45, 7) is 7.88. The predicted molar refractivity (Wildman–Crippen MR) is 56.9 cm³/mol. The van der Waals surface area contributed by atoms with Crippen molar-refractivity contribution in [3.8, 4) is 0 Å². The van der Waals surface area contributed by atoms with Crippen molar-refractivity contribution in [2.75, 3.05) is 0 Å². The van der Waals surface area contributed by atoms with Crippen LogP contribution >= 0.6 is 0 Å². The third kappa shape index (κ3) is 2.37. The van der Waals surface area contributed by atoms with Gasteiger partial charge in [-0.3, -0.25) is 4.79 Å². The molecule has 1 atom stereocenters. The van der Waals surface area contributed by atoms with Gasteiger partial charge in [-0.1, -0.05) is 25.5 Å². The van der Waals surface area contributed by atoms with Gasteiger partial charge in [0.2, 0.25) is 0 Å². The van der Waals surface area contributed by atoms with Crippen LogP contribution in [0.5, 0.6) is 0 Å². The van der Waals surface area contributed by atoms with Crippen LogP contribution in [0.4, 0.5) is 0 Å². The van der Waals surface area contributed by atoms with E-state index < -0.39 is 0 Å². The van der Waals surface area contributed by atoms with E-state index in [1.807, 2.05) is 0 Å². The first-order valence-corrected chi connectivity index (χ1v) is 5.31. The van der Waals surface area contributed by atoms with Gasteiger partial charge in [-0.25, -0.2) is 0 Å². The summed E-state index contributed by atoms with van der Waals surface area (Å²) in [5.41, 5.74) is 1.17. The Morgan fingerprint density at radius 3 is 2.57 bits per heavy atom. The van der Waals surface area contributed by atoms with Crippen molar-refractivity contribution in [2.45, 2.75) is 52.6 Å². The third-order valence-electron chi connectivity index (χ3n) is 3.14. The maximum atomic E-state index is 11.1. The summed E-state index contributed by atoms with van der Waals surface area (Å²) in [5, 5.41) is 0. The predicted octanol–water partition coefficient (Wildman–Crippen LogP) is 3.07. The molecule has 1 aliphatic carbocycles. The highest BCUT2D eigenvalue weighted by Crippen LogP contribution is 2.36. The van der Waals surface area contributed by atoms with Crippen LogP contribution in [-0.4, -0.2) is 11.6 Å². The molecule has 0 fully saturated rings. The topological polar surface area (TPSA) is 26.3 Å². The van der Waals surface area contributed by atoms with Gasteiger partial charge >= 0.3 is 5.97 Å². The van der Waals surface area contributed by atoms with E-state index in [4.69, 9.17) is 4.74 Å². The molecular weight excluding hydrogens is 176 g/mol. The van der Waals surface area contributed by atoms with E-state index in [9.17, 15) is 4.79 Å². The summed E-state index contributed by atoms with van der Waals surface area (Å²) in [7, 11) is 0. The van der Waals surface area contributed by atoms with Crippen molar-refractivity contribution >= 4 is 5.97 Å². The Kier molecular flexibility index (Phi) is 3.35. The van der Waals surface area contributed by atoms with Gasteiger partial charge < -0.3 is 4.74 Å². The highest BCUT2D eigenvalue weighted by Gasteiger charge is 2.37. The van der Waals surface area contributed by atoms with Gasteiger partial charge in [-0.15, -0.1) is 0 Å². The molecule has 14 heavy (non-hydrogen) atoms. The monoisotopic (exact) mass is 196 g/mol. The van der Waals surface area contributed by atoms with Crippen molar-refractivity contribution in [3.05, 3.63) is 11.6 Å². The number of hydrogen-bond acceptors (Lipinski definition) is 2. The Hall–Kier alpha value is -0.790. The van der Waals surface area contributed by atoms with Crippen molar-refractivity contribution in [2.24, 2.45) is 5.92 Å². The second kappa shape index (κ2) is 4.16. The molecule has 0 saturated carbocycles. The fraction of sp³-hybridized carbons (Fsp3) is 0.750. The van der Waals surface area contributed by atoms with Crippen molar-refractivity contribution in [3.63, 3.8) is 0 Å². The number of esters is 1.